The summed E-state index contributed by atoms with van der Waals surface area (Å²) >= 11 is 5.59. The van der Waals surface area contributed by atoms with Gasteiger partial charge in [0.15, 0.2) is 0 Å². The van der Waals surface area contributed by atoms with Gasteiger partial charge in [0.05, 0.1) is 0 Å². The molecule has 1 aliphatic rings. The van der Waals surface area contributed by atoms with Gasteiger partial charge in [-0.15, -0.1) is 11.6 Å². The molecule has 10 heavy (non-hydrogen) atoms. The highest BCUT2D eigenvalue weighted by atomic mass is 35.5. The third-order valence-electron chi connectivity index (χ3n) is 2.10. The standard InChI is InChI=1S/C8H16ClN/c9-6-3-5-8-4-1-2-7-10-8/h8,10H,1-7H2/t8-/m0/s1. The number of halogens is 1. The van der Waals surface area contributed by atoms with Gasteiger partial charge >= 0.3 is 0 Å². The molecule has 0 radical (unpaired) electrons. The van der Waals surface area contributed by atoms with Gasteiger partial charge < -0.3 is 5.32 Å². The van der Waals surface area contributed by atoms with E-state index in [9.17, 15) is 0 Å². The average Bonchev–Trinajstić information content (AvgIpc) is 2.03. The van der Waals surface area contributed by atoms with Crippen molar-refractivity contribution in [3.63, 3.8) is 0 Å². The van der Waals surface area contributed by atoms with E-state index in [1.54, 1.807) is 0 Å². The zero-order valence-electron chi connectivity index (χ0n) is 6.41. The Kier molecular flexibility index (Phi) is 4.15. The van der Waals surface area contributed by atoms with Gasteiger partial charge in [-0.05, 0) is 32.2 Å². The lowest BCUT2D eigenvalue weighted by atomic mass is 10.0. The molecule has 0 aromatic rings. The van der Waals surface area contributed by atoms with E-state index in [0.29, 0.717) is 0 Å². The summed E-state index contributed by atoms with van der Waals surface area (Å²) in [5.41, 5.74) is 0. The smallest absolute Gasteiger partial charge is 0.0224 e. The van der Waals surface area contributed by atoms with Crippen LogP contribution in [0.3, 0.4) is 0 Å². The minimum atomic E-state index is 0.771. The molecule has 0 spiro atoms. The second kappa shape index (κ2) is 4.97. The van der Waals surface area contributed by atoms with Crippen molar-refractivity contribution in [1.29, 1.82) is 0 Å². The fourth-order valence-corrected chi connectivity index (χ4v) is 1.65. The molecule has 0 aromatic heterocycles. The molecule has 1 rings (SSSR count). The Hall–Kier alpha value is 0.250. The van der Waals surface area contributed by atoms with Gasteiger partial charge in [0.1, 0.15) is 0 Å². The number of hydrogen-bond acceptors (Lipinski definition) is 1. The van der Waals surface area contributed by atoms with Crippen molar-refractivity contribution in [2.75, 3.05) is 12.4 Å². The van der Waals surface area contributed by atoms with E-state index >= 15 is 0 Å². The van der Waals surface area contributed by atoms with E-state index in [0.717, 1.165) is 11.9 Å². The topological polar surface area (TPSA) is 12.0 Å². The Labute approximate surface area is 68.1 Å². The summed E-state index contributed by atoms with van der Waals surface area (Å²) in [6.45, 7) is 1.22. The van der Waals surface area contributed by atoms with Crippen molar-refractivity contribution in [3.8, 4) is 0 Å². The van der Waals surface area contributed by atoms with Crippen LogP contribution in [0.1, 0.15) is 32.1 Å². The normalized spacial score (nSPS) is 26.7. The van der Waals surface area contributed by atoms with Crippen LogP contribution in [0.4, 0.5) is 0 Å². The monoisotopic (exact) mass is 161 g/mol. The molecule has 0 bridgehead atoms. The largest absolute Gasteiger partial charge is 0.314 e. The molecular weight excluding hydrogens is 146 g/mol. The van der Waals surface area contributed by atoms with E-state index in [1.807, 2.05) is 0 Å². The van der Waals surface area contributed by atoms with Crippen molar-refractivity contribution >= 4 is 11.6 Å². The highest BCUT2D eigenvalue weighted by Crippen LogP contribution is 2.11. The Bertz CT molecular complexity index is 79.3. The minimum absolute atomic E-state index is 0.771. The zero-order valence-corrected chi connectivity index (χ0v) is 7.16. The van der Waals surface area contributed by atoms with Crippen LogP contribution < -0.4 is 5.32 Å². The fourth-order valence-electron chi connectivity index (χ4n) is 1.49. The third kappa shape index (κ3) is 2.89. The van der Waals surface area contributed by atoms with E-state index in [2.05, 4.69) is 5.32 Å². The van der Waals surface area contributed by atoms with Crippen molar-refractivity contribution in [1.82, 2.24) is 5.32 Å². The molecule has 1 aliphatic heterocycles. The number of hydrogen-bond donors (Lipinski definition) is 1. The van der Waals surface area contributed by atoms with Gasteiger partial charge in [-0.3, -0.25) is 0 Å². The second-order valence-corrected chi connectivity index (χ2v) is 3.36. The first-order valence-corrected chi connectivity index (χ1v) is 4.76. The minimum Gasteiger partial charge on any atom is -0.314 e. The molecule has 0 saturated carbocycles. The van der Waals surface area contributed by atoms with Gasteiger partial charge in [-0.25, -0.2) is 0 Å². The summed E-state index contributed by atoms with van der Waals surface area (Å²) in [6, 6.07) is 0.771. The molecule has 0 unspecified atom stereocenters. The van der Waals surface area contributed by atoms with Gasteiger partial charge in [-0.2, -0.15) is 0 Å². The van der Waals surface area contributed by atoms with Gasteiger partial charge in [-0.1, -0.05) is 6.42 Å². The molecule has 1 N–H and O–H groups in total. The summed E-state index contributed by atoms with van der Waals surface area (Å²) in [5.74, 6) is 0.818. The lowest BCUT2D eigenvalue weighted by Gasteiger charge is -2.22. The zero-order chi connectivity index (χ0) is 7.23. The van der Waals surface area contributed by atoms with Gasteiger partial charge in [0.2, 0.25) is 0 Å². The van der Waals surface area contributed by atoms with Gasteiger partial charge in [0, 0.05) is 11.9 Å². The number of rotatable bonds is 3. The van der Waals surface area contributed by atoms with E-state index in [-0.39, 0.29) is 0 Å². The maximum Gasteiger partial charge on any atom is 0.0224 e. The molecule has 0 amide bonds. The molecular formula is C8H16ClN. The third-order valence-corrected chi connectivity index (χ3v) is 2.37. The quantitative estimate of drug-likeness (QED) is 0.626. The molecule has 1 atom stereocenters. The maximum atomic E-state index is 5.59. The SMILES string of the molecule is ClCCC[C@@H]1CCCCN1. The maximum absolute atomic E-state index is 5.59. The van der Waals surface area contributed by atoms with Crippen LogP contribution in [-0.4, -0.2) is 18.5 Å². The first kappa shape index (κ1) is 8.35. The number of alkyl halides is 1. The lowest BCUT2D eigenvalue weighted by Crippen LogP contribution is -2.33. The number of piperidine rings is 1. The summed E-state index contributed by atoms with van der Waals surface area (Å²) in [7, 11) is 0. The fraction of sp³-hybridized carbons (Fsp3) is 1.00. The molecule has 60 valence electrons. The Morgan fingerprint density at radius 1 is 1.40 bits per heavy atom. The summed E-state index contributed by atoms with van der Waals surface area (Å²) in [6.07, 6.45) is 6.55. The molecule has 1 fully saturated rings. The predicted octanol–water partition coefficient (Wildman–Crippen LogP) is 2.15. The van der Waals surface area contributed by atoms with E-state index in [4.69, 9.17) is 11.6 Å². The average molecular weight is 162 g/mol. The van der Waals surface area contributed by atoms with Crippen LogP contribution in [0.25, 0.3) is 0 Å². The lowest BCUT2D eigenvalue weighted by molar-refractivity contribution is 0.380. The molecule has 1 nitrogen and oxygen atoms in total. The Balaban J connectivity index is 2.02. The molecule has 0 aromatic carbocycles. The highest BCUT2D eigenvalue weighted by Gasteiger charge is 2.10. The first-order valence-electron chi connectivity index (χ1n) is 4.23. The van der Waals surface area contributed by atoms with E-state index < -0.39 is 0 Å². The molecule has 0 aliphatic carbocycles. The van der Waals surface area contributed by atoms with Crippen molar-refractivity contribution in [3.05, 3.63) is 0 Å². The second-order valence-electron chi connectivity index (χ2n) is 2.98. The summed E-state index contributed by atoms with van der Waals surface area (Å²) in [5, 5.41) is 3.50. The molecule has 2 heteroatoms. The summed E-state index contributed by atoms with van der Waals surface area (Å²) < 4.78 is 0. The van der Waals surface area contributed by atoms with Crippen molar-refractivity contribution in [2.24, 2.45) is 0 Å². The first-order chi connectivity index (χ1) is 4.93. The van der Waals surface area contributed by atoms with Crippen LogP contribution in [-0.2, 0) is 0 Å². The van der Waals surface area contributed by atoms with Crippen LogP contribution in [0.5, 0.6) is 0 Å². The molecule has 1 heterocycles. The van der Waals surface area contributed by atoms with Crippen LogP contribution in [0.15, 0.2) is 0 Å². The Morgan fingerprint density at radius 2 is 2.30 bits per heavy atom. The number of nitrogens with one attached hydrogen (secondary N) is 1. The van der Waals surface area contributed by atoms with Crippen LogP contribution >= 0.6 is 11.6 Å². The van der Waals surface area contributed by atoms with Crippen molar-refractivity contribution < 1.29 is 0 Å². The van der Waals surface area contributed by atoms with Crippen molar-refractivity contribution in [2.45, 2.75) is 38.1 Å². The molecule has 1 saturated heterocycles. The van der Waals surface area contributed by atoms with Crippen LogP contribution in [0, 0.1) is 0 Å². The summed E-state index contributed by atoms with van der Waals surface area (Å²) in [4.78, 5) is 0. The van der Waals surface area contributed by atoms with E-state index in [1.165, 1.54) is 38.6 Å². The highest BCUT2D eigenvalue weighted by molar-refractivity contribution is 6.17. The van der Waals surface area contributed by atoms with Crippen LogP contribution in [0.2, 0.25) is 0 Å². The van der Waals surface area contributed by atoms with Gasteiger partial charge in [0.25, 0.3) is 0 Å². The predicted molar refractivity (Wildman–Crippen MR) is 45.6 cm³/mol. The Morgan fingerprint density at radius 3 is 2.90 bits per heavy atom.